The summed E-state index contributed by atoms with van der Waals surface area (Å²) in [7, 11) is 0. The third-order valence-electron chi connectivity index (χ3n) is 3.49. The summed E-state index contributed by atoms with van der Waals surface area (Å²) in [6.07, 6.45) is 2.23. The number of rotatable bonds is 5. The minimum absolute atomic E-state index is 0.0916. The van der Waals surface area contributed by atoms with Gasteiger partial charge < -0.3 is 14.9 Å². The molecule has 2 aromatic rings. The Morgan fingerprint density at radius 1 is 1.21 bits per heavy atom. The molecule has 0 bridgehead atoms. The Balaban J connectivity index is 2.28. The number of nitrogens with two attached hydrogens (primary N) is 1. The lowest BCUT2D eigenvalue weighted by Crippen LogP contribution is -2.31. The van der Waals surface area contributed by atoms with E-state index in [1.807, 2.05) is 31.2 Å². The molecule has 0 aliphatic heterocycles. The van der Waals surface area contributed by atoms with Crippen molar-refractivity contribution < 1.29 is 9.15 Å². The van der Waals surface area contributed by atoms with E-state index in [0.29, 0.717) is 0 Å². The van der Waals surface area contributed by atoms with Gasteiger partial charge in [0.15, 0.2) is 6.10 Å². The van der Waals surface area contributed by atoms with E-state index in [9.17, 15) is 0 Å². The molecule has 0 spiro atoms. The van der Waals surface area contributed by atoms with Gasteiger partial charge in [0, 0.05) is 6.04 Å². The summed E-state index contributed by atoms with van der Waals surface area (Å²) < 4.78 is 11.6. The number of aryl methyl sites for hydroxylation is 1. The van der Waals surface area contributed by atoms with Gasteiger partial charge in [0.25, 0.3) is 0 Å². The van der Waals surface area contributed by atoms with Crippen LogP contribution in [0.3, 0.4) is 0 Å². The zero-order valence-electron chi connectivity index (χ0n) is 11.7. The largest absolute Gasteiger partial charge is 0.481 e. The maximum Gasteiger partial charge on any atom is 0.171 e. The Kier molecular flexibility index (Phi) is 4.27. The number of furan rings is 1. The predicted molar refractivity (Wildman–Crippen MR) is 76.3 cm³/mol. The summed E-state index contributed by atoms with van der Waals surface area (Å²) >= 11 is 0. The van der Waals surface area contributed by atoms with Crippen LogP contribution in [0.1, 0.15) is 36.3 Å². The highest BCUT2D eigenvalue weighted by atomic mass is 16.5. The molecule has 3 heteroatoms. The second-order valence-corrected chi connectivity index (χ2v) is 4.82. The summed E-state index contributed by atoms with van der Waals surface area (Å²) in [5.74, 6) is 1.64. The van der Waals surface area contributed by atoms with E-state index in [2.05, 4.69) is 19.9 Å². The molecule has 0 fully saturated rings. The summed E-state index contributed by atoms with van der Waals surface area (Å²) in [4.78, 5) is 0. The molecule has 2 rings (SSSR count). The lowest BCUT2D eigenvalue weighted by molar-refractivity contribution is 0.143. The molecule has 0 saturated heterocycles. The average Bonchev–Trinajstić information content (AvgIpc) is 2.93. The van der Waals surface area contributed by atoms with Gasteiger partial charge in [-0.1, -0.05) is 19.1 Å². The molecule has 1 aromatic carbocycles. The minimum Gasteiger partial charge on any atom is -0.481 e. The van der Waals surface area contributed by atoms with Crippen LogP contribution in [0.5, 0.6) is 5.75 Å². The van der Waals surface area contributed by atoms with Gasteiger partial charge in [-0.25, -0.2) is 0 Å². The first-order chi connectivity index (χ1) is 9.13. The third-order valence-corrected chi connectivity index (χ3v) is 3.49. The van der Waals surface area contributed by atoms with E-state index < -0.39 is 0 Å². The van der Waals surface area contributed by atoms with Gasteiger partial charge in [0.2, 0.25) is 0 Å². The van der Waals surface area contributed by atoms with Crippen molar-refractivity contribution in [1.82, 2.24) is 0 Å². The molecule has 0 amide bonds. The van der Waals surface area contributed by atoms with Gasteiger partial charge in [-0.2, -0.15) is 0 Å². The van der Waals surface area contributed by atoms with Crippen molar-refractivity contribution in [3.05, 3.63) is 53.5 Å². The fraction of sp³-hybridized carbons (Fsp3) is 0.375. The Morgan fingerprint density at radius 3 is 2.63 bits per heavy atom. The van der Waals surface area contributed by atoms with Crippen LogP contribution in [0.25, 0.3) is 0 Å². The Morgan fingerprint density at radius 2 is 2.00 bits per heavy atom. The standard InChI is InChI=1S/C16H21NO2/c1-4-13(17)16(15-9-6-10-18-15)19-14-8-5-7-11(2)12(14)3/h5-10,13,16H,4,17H2,1-3H3. The first-order valence-corrected chi connectivity index (χ1v) is 6.65. The number of benzene rings is 1. The SMILES string of the molecule is CCC(N)C(Oc1cccc(C)c1C)c1ccco1. The van der Waals surface area contributed by atoms with Crippen LogP contribution in [0.4, 0.5) is 0 Å². The van der Waals surface area contributed by atoms with E-state index in [0.717, 1.165) is 23.5 Å². The normalized spacial score (nSPS) is 14.1. The van der Waals surface area contributed by atoms with Crippen molar-refractivity contribution in [3.8, 4) is 5.75 Å². The summed E-state index contributed by atoms with van der Waals surface area (Å²) in [6.45, 7) is 6.18. The van der Waals surface area contributed by atoms with Crippen LogP contribution in [0, 0.1) is 13.8 Å². The lowest BCUT2D eigenvalue weighted by atomic mass is 10.1. The van der Waals surface area contributed by atoms with E-state index in [1.165, 1.54) is 5.56 Å². The van der Waals surface area contributed by atoms with E-state index in [-0.39, 0.29) is 12.1 Å². The monoisotopic (exact) mass is 259 g/mol. The summed E-state index contributed by atoms with van der Waals surface area (Å²) in [5.41, 5.74) is 8.51. The highest BCUT2D eigenvalue weighted by Gasteiger charge is 2.23. The molecular formula is C16H21NO2. The molecule has 2 atom stereocenters. The van der Waals surface area contributed by atoms with Crippen LogP contribution >= 0.6 is 0 Å². The van der Waals surface area contributed by atoms with Gasteiger partial charge in [0.1, 0.15) is 11.5 Å². The molecule has 102 valence electrons. The fourth-order valence-electron chi connectivity index (χ4n) is 2.01. The quantitative estimate of drug-likeness (QED) is 0.889. The molecule has 19 heavy (non-hydrogen) atoms. The van der Waals surface area contributed by atoms with Crippen LogP contribution in [-0.4, -0.2) is 6.04 Å². The smallest absolute Gasteiger partial charge is 0.171 e. The second-order valence-electron chi connectivity index (χ2n) is 4.82. The number of hydrogen-bond acceptors (Lipinski definition) is 3. The van der Waals surface area contributed by atoms with Crippen molar-refractivity contribution in [1.29, 1.82) is 0 Å². The highest BCUT2D eigenvalue weighted by Crippen LogP contribution is 2.29. The van der Waals surface area contributed by atoms with Crippen molar-refractivity contribution in [2.24, 2.45) is 5.73 Å². The first kappa shape index (κ1) is 13.7. The zero-order chi connectivity index (χ0) is 13.8. The highest BCUT2D eigenvalue weighted by molar-refractivity contribution is 5.38. The van der Waals surface area contributed by atoms with E-state index >= 15 is 0 Å². The molecule has 1 aromatic heterocycles. The summed E-state index contributed by atoms with van der Waals surface area (Å²) in [5, 5.41) is 0. The van der Waals surface area contributed by atoms with Gasteiger partial charge in [0.05, 0.1) is 6.26 Å². The minimum atomic E-state index is -0.250. The molecule has 2 unspecified atom stereocenters. The predicted octanol–water partition coefficient (Wildman–Crippen LogP) is 3.75. The van der Waals surface area contributed by atoms with Crippen molar-refractivity contribution in [2.45, 2.75) is 39.3 Å². The van der Waals surface area contributed by atoms with Crippen molar-refractivity contribution >= 4 is 0 Å². The maximum absolute atomic E-state index is 6.16. The Hall–Kier alpha value is -1.74. The van der Waals surface area contributed by atoms with Gasteiger partial charge >= 0.3 is 0 Å². The average molecular weight is 259 g/mol. The van der Waals surface area contributed by atoms with Crippen LogP contribution in [0.15, 0.2) is 41.0 Å². The topological polar surface area (TPSA) is 48.4 Å². The van der Waals surface area contributed by atoms with Crippen molar-refractivity contribution in [2.75, 3.05) is 0 Å². The number of hydrogen-bond donors (Lipinski definition) is 1. The van der Waals surface area contributed by atoms with Gasteiger partial charge in [-0.15, -0.1) is 0 Å². The first-order valence-electron chi connectivity index (χ1n) is 6.65. The van der Waals surface area contributed by atoms with E-state index in [1.54, 1.807) is 6.26 Å². The van der Waals surface area contributed by atoms with Gasteiger partial charge in [-0.05, 0) is 49.6 Å². The third kappa shape index (κ3) is 2.99. The Bertz CT molecular complexity index is 520. The van der Waals surface area contributed by atoms with Crippen LogP contribution < -0.4 is 10.5 Å². The molecule has 2 N–H and O–H groups in total. The molecule has 0 aliphatic rings. The Labute approximate surface area is 114 Å². The fourth-order valence-corrected chi connectivity index (χ4v) is 2.01. The van der Waals surface area contributed by atoms with Crippen LogP contribution in [0.2, 0.25) is 0 Å². The number of ether oxygens (including phenoxy) is 1. The molecule has 1 heterocycles. The molecule has 0 saturated carbocycles. The van der Waals surface area contributed by atoms with Gasteiger partial charge in [-0.3, -0.25) is 0 Å². The molecule has 0 radical (unpaired) electrons. The molecule has 0 aliphatic carbocycles. The summed E-state index contributed by atoms with van der Waals surface area (Å²) in [6, 6.07) is 9.72. The maximum atomic E-state index is 6.16. The second kappa shape index (κ2) is 5.93. The lowest BCUT2D eigenvalue weighted by Gasteiger charge is -2.23. The zero-order valence-corrected chi connectivity index (χ0v) is 11.7. The molecular weight excluding hydrogens is 238 g/mol. The van der Waals surface area contributed by atoms with Crippen LogP contribution in [-0.2, 0) is 0 Å². The van der Waals surface area contributed by atoms with Crippen molar-refractivity contribution in [3.63, 3.8) is 0 Å². The van der Waals surface area contributed by atoms with E-state index in [4.69, 9.17) is 14.9 Å². The molecule has 3 nitrogen and oxygen atoms in total.